The number of anilines is 1. The standard InChI is InChI=1S/C37H37N3O6S/c1-37(2,3)46-36(44)38-29-33(42)40-30(35(43)45-31(24-14-7-4-8-15-24)25-16-9-5-10-17-25)27(23-47-34(29)40)22-26-18-13-21-39(32(26)41)28-19-11-6-12-20-28/h4-12,14-17,19-20,22-23,29-31,34H,13,18,21H2,1-3H3,(H,38,44)/b26-22+/t29-,30-,34-/m1/s1. The SMILES string of the molecule is CC(C)(C)OC(=O)N[C@@H]1C(=O)N2[C@@H](C(=O)OC(c3ccccc3)c3ccccc3)C(/C=C3\CCCN(c4ccccc4)C3=O)=CS[C@H]12. The molecule has 2 fully saturated rings. The molecule has 0 spiro atoms. The second-order valence-electron chi connectivity index (χ2n) is 12.6. The Bertz CT molecular complexity index is 1660. The molecule has 3 amide bonds. The van der Waals surface area contributed by atoms with Crippen molar-refractivity contribution in [2.24, 2.45) is 0 Å². The molecule has 242 valence electrons. The Morgan fingerprint density at radius 1 is 0.915 bits per heavy atom. The summed E-state index contributed by atoms with van der Waals surface area (Å²) >= 11 is 1.31. The number of hydrogen-bond acceptors (Lipinski definition) is 7. The maximum atomic E-state index is 14.3. The molecule has 3 atom stereocenters. The molecule has 2 saturated heterocycles. The van der Waals surface area contributed by atoms with Crippen molar-refractivity contribution in [2.45, 2.75) is 62.8 Å². The number of esters is 1. The molecule has 3 aromatic rings. The lowest BCUT2D eigenvalue weighted by Crippen LogP contribution is -2.74. The zero-order chi connectivity index (χ0) is 33.1. The van der Waals surface area contributed by atoms with Crippen molar-refractivity contribution in [3.05, 3.63) is 125 Å². The summed E-state index contributed by atoms with van der Waals surface area (Å²) in [5, 5.41) is 3.90. The normalized spacial score (nSPS) is 21.9. The molecular weight excluding hydrogens is 614 g/mol. The number of nitrogens with one attached hydrogen (secondary N) is 1. The average molecular weight is 652 g/mol. The molecule has 0 radical (unpaired) electrons. The van der Waals surface area contributed by atoms with E-state index in [9.17, 15) is 19.2 Å². The first kappa shape index (κ1) is 32.1. The molecule has 0 aromatic heterocycles. The summed E-state index contributed by atoms with van der Waals surface area (Å²) in [6.45, 7) is 5.81. The van der Waals surface area contributed by atoms with Gasteiger partial charge in [0, 0.05) is 17.8 Å². The summed E-state index contributed by atoms with van der Waals surface area (Å²) in [6.07, 6.45) is 1.56. The van der Waals surface area contributed by atoms with Crippen LogP contribution in [-0.4, -0.2) is 58.4 Å². The fourth-order valence-corrected chi connectivity index (χ4v) is 7.16. The third kappa shape index (κ3) is 6.97. The maximum absolute atomic E-state index is 14.3. The average Bonchev–Trinajstić information content (AvgIpc) is 3.07. The third-order valence-corrected chi connectivity index (χ3v) is 9.29. The van der Waals surface area contributed by atoms with Crippen LogP contribution in [0.1, 0.15) is 50.8 Å². The van der Waals surface area contributed by atoms with Gasteiger partial charge >= 0.3 is 12.1 Å². The summed E-state index contributed by atoms with van der Waals surface area (Å²) in [6, 6.07) is 26.3. The van der Waals surface area contributed by atoms with Crippen molar-refractivity contribution < 1.29 is 28.7 Å². The molecule has 0 saturated carbocycles. The van der Waals surface area contributed by atoms with Gasteiger partial charge in [-0.1, -0.05) is 78.9 Å². The molecule has 10 heteroatoms. The van der Waals surface area contributed by atoms with Crippen LogP contribution in [0.2, 0.25) is 0 Å². The fourth-order valence-electron chi connectivity index (χ4n) is 5.97. The van der Waals surface area contributed by atoms with E-state index in [1.807, 2.05) is 91.0 Å². The summed E-state index contributed by atoms with van der Waals surface area (Å²) < 4.78 is 11.7. The monoisotopic (exact) mass is 651 g/mol. The molecule has 47 heavy (non-hydrogen) atoms. The predicted molar refractivity (Wildman–Crippen MR) is 180 cm³/mol. The number of carbonyl (C=O) groups is 4. The van der Waals surface area contributed by atoms with Crippen LogP contribution in [0.3, 0.4) is 0 Å². The minimum Gasteiger partial charge on any atom is -0.451 e. The minimum absolute atomic E-state index is 0.145. The van der Waals surface area contributed by atoms with Gasteiger partial charge in [0.1, 0.15) is 17.0 Å². The molecule has 0 unspecified atom stereocenters. The van der Waals surface area contributed by atoms with Crippen LogP contribution >= 0.6 is 11.8 Å². The van der Waals surface area contributed by atoms with Gasteiger partial charge in [-0.15, -0.1) is 11.8 Å². The van der Waals surface area contributed by atoms with Gasteiger partial charge in [-0.25, -0.2) is 9.59 Å². The molecule has 6 rings (SSSR count). The number of thioether (sulfide) groups is 1. The number of carbonyl (C=O) groups excluding carboxylic acids is 4. The number of fused-ring (bicyclic) bond motifs is 1. The molecule has 3 aromatic carbocycles. The van der Waals surface area contributed by atoms with E-state index in [1.54, 1.807) is 37.2 Å². The first-order valence-corrected chi connectivity index (χ1v) is 16.6. The molecular formula is C37H37N3O6S. The zero-order valence-corrected chi connectivity index (χ0v) is 27.3. The number of nitrogens with zero attached hydrogens (tertiary/aromatic N) is 2. The van der Waals surface area contributed by atoms with Crippen molar-refractivity contribution in [1.29, 1.82) is 0 Å². The first-order valence-electron chi connectivity index (χ1n) is 15.7. The van der Waals surface area contributed by atoms with Gasteiger partial charge in [0.05, 0.1) is 0 Å². The third-order valence-electron chi connectivity index (χ3n) is 8.11. The van der Waals surface area contributed by atoms with Crippen molar-refractivity contribution in [2.75, 3.05) is 11.4 Å². The van der Waals surface area contributed by atoms with Crippen molar-refractivity contribution in [1.82, 2.24) is 10.2 Å². The number of hydrogen-bond donors (Lipinski definition) is 1. The topological polar surface area (TPSA) is 105 Å². The maximum Gasteiger partial charge on any atom is 0.408 e. The van der Waals surface area contributed by atoms with Crippen LogP contribution in [0.4, 0.5) is 10.5 Å². The van der Waals surface area contributed by atoms with Gasteiger partial charge in [0.25, 0.3) is 5.91 Å². The highest BCUT2D eigenvalue weighted by Gasteiger charge is 2.56. The Labute approximate surface area is 278 Å². The molecule has 3 heterocycles. The highest BCUT2D eigenvalue weighted by Crippen LogP contribution is 2.42. The quantitative estimate of drug-likeness (QED) is 0.186. The second-order valence-corrected chi connectivity index (χ2v) is 13.6. The number of amides is 3. The molecule has 3 aliphatic rings. The number of β-lactam (4-membered cyclic amide) rings is 1. The van der Waals surface area contributed by atoms with E-state index in [2.05, 4.69) is 5.32 Å². The lowest BCUT2D eigenvalue weighted by atomic mass is 9.94. The highest BCUT2D eigenvalue weighted by molar-refractivity contribution is 8.03. The van der Waals surface area contributed by atoms with Crippen molar-refractivity contribution in [3.63, 3.8) is 0 Å². The van der Waals surface area contributed by atoms with Crippen molar-refractivity contribution >= 4 is 41.3 Å². The van der Waals surface area contributed by atoms with Crippen LogP contribution < -0.4 is 10.2 Å². The summed E-state index contributed by atoms with van der Waals surface area (Å²) in [4.78, 5) is 57.5. The first-order chi connectivity index (χ1) is 22.6. The number of ether oxygens (including phenoxy) is 2. The number of piperidine rings is 1. The van der Waals surface area contributed by atoms with E-state index < -0.39 is 47.1 Å². The minimum atomic E-state index is -1.13. The molecule has 0 aliphatic carbocycles. The molecule has 3 aliphatic heterocycles. The van der Waals surface area contributed by atoms with Crippen LogP contribution in [-0.2, 0) is 23.9 Å². The summed E-state index contributed by atoms with van der Waals surface area (Å²) in [5.74, 6) is -1.21. The lowest BCUT2D eigenvalue weighted by Gasteiger charge is -2.51. The Morgan fingerprint density at radius 3 is 2.11 bits per heavy atom. The van der Waals surface area contributed by atoms with E-state index in [0.717, 1.165) is 23.2 Å². The van der Waals surface area contributed by atoms with Gasteiger partial charge < -0.3 is 24.6 Å². The van der Waals surface area contributed by atoms with Crippen molar-refractivity contribution in [3.8, 4) is 0 Å². The predicted octanol–water partition coefficient (Wildman–Crippen LogP) is 6.13. The lowest BCUT2D eigenvalue weighted by molar-refractivity contribution is -0.164. The fraction of sp³-hybridized carbons (Fsp3) is 0.297. The highest BCUT2D eigenvalue weighted by atomic mass is 32.2. The van der Waals surface area contributed by atoms with Gasteiger partial charge in [-0.05, 0) is 73.9 Å². The smallest absolute Gasteiger partial charge is 0.408 e. The number of para-hydroxylation sites is 1. The van der Waals surface area contributed by atoms with Crippen LogP contribution in [0.15, 0.2) is 114 Å². The van der Waals surface area contributed by atoms with E-state index in [0.29, 0.717) is 24.1 Å². The second kappa shape index (κ2) is 13.5. The Morgan fingerprint density at radius 2 is 1.51 bits per heavy atom. The van der Waals surface area contributed by atoms with Gasteiger partial charge in [0.15, 0.2) is 12.1 Å². The number of rotatable bonds is 7. The largest absolute Gasteiger partial charge is 0.451 e. The molecule has 1 N–H and O–H groups in total. The van der Waals surface area contributed by atoms with Crippen LogP contribution in [0.25, 0.3) is 0 Å². The number of alkyl carbamates (subject to hydrolysis) is 1. The molecule has 0 bridgehead atoms. The van der Waals surface area contributed by atoms with E-state index in [4.69, 9.17) is 9.47 Å². The van der Waals surface area contributed by atoms with Gasteiger partial charge in [0.2, 0.25) is 5.91 Å². The Balaban J connectivity index is 1.33. The molecule has 9 nitrogen and oxygen atoms in total. The summed E-state index contributed by atoms with van der Waals surface area (Å²) in [7, 11) is 0. The Kier molecular flexibility index (Phi) is 9.22. The van der Waals surface area contributed by atoms with Gasteiger partial charge in [-0.2, -0.15) is 0 Å². The van der Waals surface area contributed by atoms with Crippen LogP contribution in [0, 0.1) is 0 Å². The summed E-state index contributed by atoms with van der Waals surface area (Å²) in [5.41, 5.74) is 2.64. The van der Waals surface area contributed by atoms with E-state index in [1.165, 1.54) is 16.7 Å². The zero-order valence-electron chi connectivity index (χ0n) is 26.5. The van der Waals surface area contributed by atoms with Crippen LogP contribution in [0.5, 0.6) is 0 Å². The van der Waals surface area contributed by atoms with E-state index in [-0.39, 0.29) is 5.91 Å². The van der Waals surface area contributed by atoms with Gasteiger partial charge in [-0.3, -0.25) is 9.59 Å². The number of benzene rings is 3. The van der Waals surface area contributed by atoms with E-state index >= 15 is 0 Å². The Hall–Kier alpha value is -4.83.